The average Bonchev–Trinajstić information content (AvgIpc) is 3.22. The minimum absolute atomic E-state index is 0.0615. The summed E-state index contributed by atoms with van der Waals surface area (Å²) in [5.74, 6) is 4.24. The zero-order chi connectivity index (χ0) is 38.7. The van der Waals surface area contributed by atoms with Crippen molar-refractivity contribution >= 4 is 29.2 Å². The fourth-order valence-electron chi connectivity index (χ4n) is 8.15. The first-order valence-electron chi connectivity index (χ1n) is 19.2. The van der Waals surface area contributed by atoms with Crippen molar-refractivity contribution in [2.75, 3.05) is 67.1 Å². The van der Waals surface area contributed by atoms with Gasteiger partial charge in [0.2, 0.25) is 11.2 Å². The van der Waals surface area contributed by atoms with Crippen molar-refractivity contribution in [3.63, 3.8) is 0 Å². The van der Waals surface area contributed by atoms with E-state index in [1.54, 1.807) is 6.92 Å². The first-order valence-corrected chi connectivity index (χ1v) is 19.5. The Labute approximate surface area is 324 Å². The van der Waals surface area contributed by atoms with Crippen LogP contribution in [0, 0.1) is 60.8 Å². The highest BCUT2D eigenvalue weighted by molar-refractivity contribution is 6.28. The summed E-state index contributed by atoms with van der Waals surface area (Å²) >= 11 is 5.22. The van der Waals surface area contributed by atoms with Gasteiger partial charge in [-0.3, -0.25) is 0 Å². The lowest BCUT2D eigenvalue weighted by Crippen LogP contribution is -2.41. The van der Waals surface area contributed by atoms with Gasteiger partial charge in [0.25, 0.3) is 0 Å². The lowest BCUT2D eigenvalue weighted by molar-refractivity contribution is 0.221. The van der Waals surface area contributed by atoms with Crippen LogP contribution in [-0.4, -0.2) is 92.2 Å². The molecule has 4 aliphatic rings. The molecule has 0 saturated carbocycles. The molecule has 0 unspecified atom stereocenters. The maximum atomic E-state index is 14.0. The summed E-state index contributed by atoms with van der Waals surface area (Å²) in [4.78, 5) is 37.5. The van der Waals surface area contributed by atoms with Crippen LogP contribution in [0.3, 0.4) is 0 Å². The van der Waals surface area contributed by atoms with Gasteiger partial charge in [-0.2, -0.15) is 0 Å². The summed E-state index contributed by atoms with van der Waals surface area (Å²) < 4.78 is 52.7. The van der Waals surface area contributed by atoms with Gasteiger partial charge in [0.05, 0.1) is 37.2 Å². The van der Waals surface area contributed by atoms with Crippen molar-refractivity contribution in [2.24, 2.45) is 23.7 Å². The van der Waals surface area contributed by atoms with E-state index in [9.17, 15) is 17.6 Å². The van der Waals surface area contributed by atoms with Crippen molar-refractivity contribution in [2.45, 2.75) is 65.2 Å². The maximum absolute atomic E-state index is 14.0. The number of nitrogens with zero attached hydrogens (tertiary/aromatic N) is 11. The topological polar surface area (TPSA) is 125 Å². The van der Waals surface area contributed by atoms with E-state index in [4.69, 9.17) is 11.6 Å². The summed E-state index contributed by atoms with van der Waals surface area (Å²) in [7, 11) is 0. The first-order chi connectivity index (χ1) is 26.6. The molecule has 8 rings (SSSR count). The second kappa shape index (κ2) is 19.5. The van der Waals surface area contributed by atoms with Crippen LogP contribution in [0.15, 0.2) is 37.2 Å². The Morgan fingerprint density at radius 3 is 1.27 bits per heavy atom. The van der Waals surface area contributed by atoms with Crippen molar-refractivity contribution in [1.29, 1.82) is 0 Å². The fourth-order valence-corrected chi connectivity index (χ4v) is 8.24. The smallest absolute Gasteiger partial charge is 0.225 e. The fraction of sp³-hybridized carbons (Fsp3) is 0.579. The summed E-state index contributed by atoms with van der Waals surface area (Å²) in [5.41, 5.74) is 0. The van der Waals surface area contributed by atoms with Gasteiger partial charge in [0, 0.05) is 39.3 Å². The van der Waals surface area contributed by atoms with E-state index >= 15 is 0 Å². The Kier molecular flexibility index (Phi) is 14.3. The minimum atomic E-state index is -0.477. The highest BCUT2D eigenvalue weighted by Crippen LogP contribution is 2.35. The summed E-state index contributed by atoms with van der Waals surface area (Å²) in [6, 6.07) is 0. The number of nitrogens with one attached hydrogen (secondary N) is 1. The first kappa shape index (κ1) is 40.4. The molecule has 0 atom stereocenters. The predicted molar refractivity (Wildman–Crippen MR) is 203 cm³/mol. The van der Waals surface area contributed by atoms with Crippen molar-refractivity contribution in [3.05, 3.63) is 77.4 Å². The van der Waals surface area contributed by atoms with Gasteiger partial charge in [0.1, 0.15) is 11.6 Å². The Balaban J connectivity index is 0.000000160. The Morgan fingerprint density at radius 1 is 0.509 bits per heavy atom. The second-order valence-electron chi connectivity index (χ2n) is 14.6. The third kappa shape index (κ3) is 11.4. The molecule has 17 heteroatoms. The van der Waals surface area contributed by atoms with Gasteiger partial charge in [-0.05, 0) is 114 Å². The quantitative estimate of drug-likeness (QED) is 0.178. The lowest BCUT2D eigenvalue weighted by atomic mass is 9.79. The standard InChI is InChI=1S/C19H24F2N6.C15H23FN4.C4H2ClFN2/c1-13-22-12-17(21)18(25-13)26-6-2-14(3-7-26)15-4-8-27(9-5-15)19-23-10-16(20)11-24-19;1-11-18-10-14(16)15(19-11)20-8-4-13(5-9-20)12-2-6-17-7-3-12;5-4-7-1-3(6)2-8-4/h10-12,14-15H,2-9H2,1H3;10,12-13,17H,2-9H2,1H3;1-2H. The van der Waals surface area contributed by atoms with Crippen molar-refractivity contribution < 1.29 is 17.6 Å². The largest absolute Gasteiger partial charge is 0.354 e. The van der Waals surface area contributed by atoms with E-state index in [0.717, 1.165) is 115 Å². The molecule has 296 valence electrons. The zero-order valence-electron chi connectivity index (χ0n) is 31.4. The van der Waals surface area contributed by atoms with Gasteiger partial charge in [0.15, 0.2) is 34.9 Å². The Morgan fingerprint density at radius 2 is 0.873 bits per heavy atom. The Hall–Kier alpha value is -4.31. The lowest BCUT2D eigenvalue weighted by Gasteiger charge is -2.40. The zero-order valence-corrected chi connectivity index (χ0v) is 32.2. The summed E-state index contributed by atoms with van der Waals surface area (Å²) in [6.07, 6.45) is 16.2. The molecule has 0 bridgehead atoms. The number of hydrogen-bond donors (Lipinski definition) is 1. The highest BCUT2D eigenvalue weighted by Gasteiger charge is 2.32. The van der Waals surface area contributed by atoms with E-state index < -0.39 is 11.6 Å². The molecule has 4 aromatic rings. The molecule has 8 heterocycles. The normalized spacial score (nSPS) is 19.0. The molecule has 4 saturated heterocycles. The number of aryl methyl sites for hydroxylation is 2. The summed E-state index contributed by atoms with van der Waals surface area (Å²) in [6.45, 7) is 11.2. The monoisotopic (exact) mass is 784 g/mol. The molecule has 0 radical (unpaired) electrons. The van der Waals surface area contributed by atoms with Gasteiger partial charge >= 0.3 is 0 Å². The predicted octanol–water partition coefficient (Wildman–Crippen LogP) is 6.40. The van der Waals surface area contributed by atoms with E-state index in [1.165, 1.54) is 37.6 Å². The summed E-state index contributed by atoms with van der Waals surface area (Å²) in [5, 5.41) is 3.49. The van der Waals surface area contributed by atoms with Crippen LogP contribution >= 0.6 is 11.6 Å². The van der Waals surface area contributed by atoms with Crippen LogP contribution in [0.5, 0.6) is 0 Å². The molecular formula is C38H49ClF4N12. The van der Waals surface area contributed by atoms with Crippen LogP contribution in [0.2, 0.25) is 5.28 Å². The number of hydrogen-bond acceptors (Lipinski definition) is 12. The molecule has 4 fully saturated rings. The number of rotatable bonds is 5. The Bertz CT molecular complexity index is 1760. The molecular weight excluding hydrogens is 736 g/mol. The van der Waals surface area contributed by atoms with E-state index in [0.29, 0.717) is 41.1 Å². The molecule has 0 spiro atoms. The van der Waals surface area contributed by atoms with E-state index in [2.05, 4.69) is 55.0 Å². The number of anilines is 3. The molecule has 0 amide bonds. The average molecular weight is 785 g/mol. The molecule has 1 N–H and O–H groups in total. The van der Waals surface area contributed by atoms with Gasteiger partial charge in [-0.1, -0.05) is 0 Å². The van der Waals surface area contributed by atoms with Crippen molar-refractivity contribution in [1.82, 2.24) is 45.2 Å². The molecule has 4 aromatic heterocycles. The number of piperidine rings is 4. The van der Waals surface area contributed by atoms with Crippen molar-refractivity contribution in [3.8, 4) is 0 Å². The minimum Gasteiger partial charge on any atom is -0.354 e. The van der Waals surface area contributed by atoms with E-state index in [-0.39, 0.29) is 16.9 Å². The molecule has 55 heavy (non-hydrogen) atoms. The highest BCUT2D eigenvalue weighted by atomic mass is 35.5. The van der Waals surface area contributed by atoms with Gasteiger partial charge < -0.3 is 20.0 Å². The second-order valence-corrected chi connectivity index (χ2v) is 14.9. The third-order valence-corrected chi connectivity index (χ3v) is 11.3. The number of aromatic nitrogens is 8. The third-order valence-electron chi connectivity index (χ3n) is 11.1. The van der Waals surface area contributed by atoms with Crippen LogP contribution in [0.4, 0.5) is 35.1 Å². The molecule has 4 aliphatic heterocycles. The number of halogens is 5. The SMILES string of the molecule is Cc1ncc(F)c(N2CCC(C3CCN(c4ncc(F)cn4)CC3)CC2)n1.Cc1ncc(F)c(N2CCC(C3CCNCC3)CC2)n1.Fc1cnc(Cl)nc1. The van der Waals surface area contributed by atoms with Crippen LogP contribution < -0.4 is 20.0 Å². The molecule has 12 nitrogen and oxygen atoms in total. The van der Waals surface area contributed by atoms with Gasteiger partial charge in [-0.15, -0.1) is 0 Å². The van der Waals surface area contributed by atoms with Crippen LogP contribution in [-0.2, 0) is 0 Å². The van der Waals surface area contributed by atoms with Gasteiger partial charge in [-0.25, -0.2) is 57.4 Å². The molecule has 0 aliphatic carbocycles. The van der Waals surface area contributed by atoms with Crippen LogP contribution in [0.1, 0.15) is 63.0 Å². The van der Waals surface area contributed by atoms with Crippen LogP contribution in [0.25, 0.3) is 0 Å². The van der Waals surface area contributed by atoms with E-state index in [1.807, 2.05) is 11.8 Å². The maximum Gasteiger partial charge on any atom is 0.225 e. The molecule has 0 aromatic carbocycles.